The Labute approximate surface area is 240 Å². The lowest BCUT2D eigenvalue weighted by molar-refractivity contribution is 0.666. The molecular formula is C38H23N3O. The summed E-state index contributed by atoms with van der Waals surface area (Å²) in [6.45, 7) is 2.12. The Morgan fingerprint density at radius 3 is 1.86 bits per heavy atom. The predicted molar refractivity (Wildman–Crippen MR) is 172 cm³/mol. The lowest BCUT2D eigenvalue weighted by Crippen LogP contribution is -1.99. The van der Waals surface area contributed by atoms with E-state index in [0.717, 1.165) is 66.2 Å². The van der Waals surface area contributed by atoms with Crippen molar-refractivity contribution >= 4 is 65.6 Å². The van der Waals surface area contributed by atoms with E-state index in [1.807, 2.05) is 12.1 Å². The first-order valence-corrected chi connectivity index (χ1v) is 14.1. The molecule has 0 aliphatic rings. The monoisotopic (exact) mass is 537 g/mol. The summed E-state index contributed by atoms with van der Waals surface area (Å²) in [6.07, 6.45) is 0. The minimum atomic E-state index is 0.647. The van der Waals surface area contributed by atoms with Gasteiger partial charge in [0.05, 0.1) is 39.4 Å². The van der Waals surface area contributed by atoms with E-state index >= 15 is 0 Å². The van der Waals surface area contributed by atoms with Crippen molar-refractivity contribution in [1.82, 2.24) is 9.13 Å². The number of nitriles is 1. The van der Waals surface area contributed by atoms with Crippen LogP contribution in [-0.2, 0) is 0 Å². The topological polar surface area (TPSA) is 46.8 Å². The van der Waals surface area contributed by atoms with Crippen molar-refractivity contribution in [3.8, 4) is 17.4 Å². The van der Waals surface area contributed by atoms with Gasteiger partial charge in [0.2, 0.25) is 0 Å². The van der Waals surface area contributed by atoms with Crippen molar-refractivity contribution in [3.63, 3.8) is 0 Å². The number of aryl methyl sites for hydroxylation is 1. The molecule has 0 atom stereocenters. The van der Waals surface area contributed by atoms with E-state index < -0.39 is 0 Å². The molecule has 3 aromatic heterocycles. The molecule has 6 aromatic carbocycles. The highest BCUT2D eigenvalue weighted by atomic mass is 16.3. The fourth-order valence-corrected chi connectivity index (χ4v) is 6.76. The van der Waals surface area contributed by atoms with Gasteiger partial charge < -0.3 is 13.6 Å². The van der Waals surface area contributed by atoms with Crippen molar-refractivity contribution in [2.45, 2.75) is 6.92 Å². The van der Waals surface area contributed by atoms with E-state index in [0.29, 0.717) is 5.56 Å². The Morgan fingerprint density at radius 2 is 1.17 bits per heavy atom. The Morgan fingerprint density at radius 1 is 0.548 bits per heavy atom. The standard InChI is InChI=1S/C38H23N3O/c1-23-14-17-37-30(18-23)31-20-25(40-32-11-5-2-8-26(32)27-9-3-6-12-33(27)40)21-36(38(31)42-37)41-34-13-7-4-10-28(34)29-19-24(22-39)15-16-35(29)41/h2-21H,1H3. The first kappa shape index (κ1) is 23.0. The number of aromatic nitrogens is 2. The molecule has 4 nitrogen and oxygen atoms in total. The van der Waals surface area contributed by atoms with Gasteiger partial charge in [-0.25, -0.2) is 0 Å². The molecule has 0 spiro atoms. The van der Waals surface area contributed by atoms with Crippen LogP contribution < -0.4 is 0 Å². The molecule has 0 aliphatic heterocycles. The van der Waals surface area contributed by atoms with Gasteiger partial charge in [-0.3, -0.25) is 0 Å². The smallest absolute Gasteiger partial charge is 0.159 e. The molecule has 3 heterocycles. The largest absolute Gasteiger partial charge is 0.454 e. The Balaban J connectivity index is 1.49. The molecule has 196 valence electrons. The van der Waals surface area contributed by atoms with E-state index in [2.05, 4.69) is 131 Å². The van der Waals surface area contributed by atoms with E-state index in [-0.39, 0.29) is 0 Å². The summed E-state index contributed by atoms with van der Waals surface area (Å²) in [5, 5.41) is 16.5. The average Bonchev–Trinajstić information content (AvgIpc) is 3.68. The number of hydrogen-bond donors (Lipinski definition) is 0. The highest BCUT2D eigenvalue weighted by molar-refractivity contribution is 6.14. The summed E-state index contributed by atoms with van der Waals surface area (Å²) >= 11 is 0. The highest BCUT2D eigenvalue weighted by Gasteiger charge is 2.21. The zero-order chi connectivity index (χ0) is 27.9. The van der Waals surface area contributed by atoms with Gasteiger partial charge in [-0.15, -0.1) is 0 Å². The van der Waals surface area contributed by atoms with Gasteiger partial charge in [-0.2, -0.15) is 5.26 Å². The van der Waals surface area contributed by atoms with Crippen molar-refractivity contribution < 1.29 is 4.42 Å². The van der Waals surface area contributed by atoms with Crippen LogP contribution in [0.2, 0.25) is 0 Å². The lowest BCUT2D eigenvalue weighted by atomic mass is 10.1. The van der Waals surface area contributed by atoms with Gasteiger partial charge in [0.1, 0.15) is 5.58 Å². The van der Waals surface area contributed by atoms with Crippen LogP contribution in [0, 0.1) is 18.3 Å². The maximum Gasteiger partial charge on any atom is 0.159 e. The first-order valence-electron chi connectivity index (χ1n) is 14.1. The molecule has 0 saturated heterocycles. The Hall–Kier alpha value is -5.79. The molecule has 0 radical (unpaired) electrons. The molecule has 0 unspecified atom stereocenters. The van der Waals surface area contributed by atoms with E-state index in [9.17, 15) is 5.26 Å². The van der Waals surface area contributed by atoms with Gasteiger partial charge in [0.15, 0.2) is 5.58 Å². The van der Waals surface area contributed by atoms with Gasteiger partial charge in [-0.05, 0) is 67.6 Å². The summed E-state index contributed by atoms with van der Waals surface area (Å²) in [5.74, 6) is 0. The highest BCUT2D eigenvalue weighted by Crippen LogP contribution is 2.41. The van der Waals surface area contributed by atoms with E-state index in [1.54, 1.807) is 0 Å². The number of benzene rings is 6. The SMILES string of the molecule is Cc1ccc2oc3c(-n4c5ccccc5c5cc(C#N)ccc54)cc(-n4c5ccccc5c5ccccc54)cc3c2c1. The van der Waals surface area contributed by atoms with Gasteiger partial charge in [-0.1, -0.05) is 66.2 Å². The third kappa shape index (κ3) is 3.05. The van der Waals surface area contributed by atoms with Crippen LogP contribution in [0.4, 0.5) is 0 Å². The average molecular weight is 538 g/mol. The molecule has 0 fully saturated rings. The number of hydrogen-bond acceptors (Lipinski definition) is 2. The van der Waals surface area contributed by atoms with Gasteiger partial charge >= 0.3 is 0 Å². The van der Waals surface area contributed by atoms with Crippen LogP contribution in [0.3, 0.4) is 0 Å². The Kier molecular flexibility index (Phi) is 4.57. The van der Waals surface area contributed by atoms with Crippen LogP contribution in [0.25, 0.3) is 76.9 Å². The summed E-state index contributed by atoms with van der Waals surface area (Å²) in [4.78, 5) is 0. The summed E-state index contributed by atoms with van der Waals surface area (Å²) in [6, 6.07) is 44.8. The zero-order valence-electron chi connectivity index (χ0n) is 22.8. The number of fused-ring (bicyclic) bond motifs is 9. The summed E-state index contributed by atoms with van der Waals surface area (Å²) in [7, 11) is 0. The number of furan rings is 1. The van der Waals surface area contributed by atoms with Crippen LogP contribution in [0.5, 0.6) is 0 Å². The second kappa shape index (κ2) is 8.36. The third-order valence-electron chi connectivity index (χ3n) is 8.57. The van der Waals surface area contributed by atoms with E-state index in [1.165, 1.54) is 16.3 Å². The molecule has 0 amide bonds. The molecule has 4 heteroatoms. The molecule has 9 rings (SSSR count). The minimum Gasteiger partial charge on any atom is -0.454 e. The summed E-state index contributed by atoms with van der Waals surface area (Å²) in [5.41, 5.74) is 10.0. The molecule has 9 aromatic rings. The maximum atomic E-state index is 9.68. The van der Waals surface area contributed by atoms with E-state index in [4.69, 9.17) is 4.42 Å². The van der Waals surface area contributed by atoms with Gasteiger partial charge in [0.25, 0.3) is 0 Å². The number of rotatable bonds is 2. The molecule has 42 heavy (non-hydrogen) atoms. The lowest BCUT2D eigenvalue weighted by Gasteiger charge is -2.14. The number of para-hydroxylation sites is 3. The van der Waals surface area contributed by atoms with Crippen molar-refractivity contribution in [3.05, 3.63) is 132 Å². The second-order valence-electron chi connectivity index (χ2n) is 11.0. The Bertz CT molecular complexity index is 2550. The summed E-state index contributed by atoms with van der Waals surface area (Å²) < 4.78 is 11.3. The minimum absolute atomic E-state index is 0.647. The maximum absolute atomic E-state index is 9.68. The van der Waals surface area contributed by atoms with Crippen LogP contribution in [-0.4, -0.2) is 9.13 Å². The second-order valence-corrected chi connectivity index (χ2v) is 11.0. The normalized spacial score (nSPS) is 11.9. The molecule has 0 N–H and O–H groups in total. The van der Waals surface area contributed by atoms with Crippen LogP contribution >= 0.6 is 0 Å². The van der Waals surface area contributed by atoms with Gasteiger partial charge in [0, 0.05) is 38.0 Å². The predicted octanol–water partition coefficient (Wildman–Crippen LogP) is 9.96. The molecular weight excluding hydrogens is 514 g/mol. The number of nitrogens with zero attached hydrogens (tertiary/aromatic N) is 3. The van der Waals surface area contributed by atoms with Crippen molar-refractivity contribution in [2.75, 3.05) is 0 Å². The molecule has 0 saturated carbocycles. The van der Waals surface area contributed by atoms with Crippen LogP contribution in [0.1, 0.15) is 11.1 Å². The van der Waals surface area contributed by atoms with Crippen LogP contribution in [0.15, 0.2) is 126 Å². The fraction of sp³-hybridized carbons (Fsp3) is 0.0263. The fourth-order valence-electron chi connectivity index (χ4n) is 6.76. The molecule has 0 aliphatic carbocycles. The quantitative estimate of drug-likeness (QED) is 0.220. The van der Waals surface area contributed by atoms with Crippen molar-refractivity contribution in [1.29, 1.82) is 5.26 Å². The zero-order valence-corrected chi connectivity index (χ0v) is 22.8. The molecule has 0 bridgehead atoms. The third-order valence-corrected chi connectivity index (χ3v) is 8.57. The van der Waals surface area contributed by atoms with Crippen molar-refractivity contribution in [2.24, 2.45) is 0 Å². The first-order chi connectivity index (χ1) is 20.7.